The SMILES string of the molecule is CCCN1CCC(N(CC(=O)O)C2CC2)CC1. The largest absolute Gasteiger partial charge is 0.480 e. The fourth-order valence-electron chi connectivity index (χ4n) is 2.91. The fourth-order valence-corrected chi connectivity index (χ4v) is 2.91. The number of nitrogens with zero attached hydrogens (tertiary/aromatic N) is 2. The van der Waals surface area contributed by atoms with Crippen molar-refractivity contribution in [1.82, 2.24) is 9.80 Å². The minimum absolute atomic E-state index is 0.239. The minimum Gasteiger partial charge on any atom is -0.480 e. The lowest BCUT2D eigenvalue weighted by molar-refractivity contribution is -0.139. The van der Waals surface area contributed by atoms with Crippen LogP contribution in [-0.4, -0.2) is 59.1 Å². The first kappa shape index (κ1) is 12.8. The standard InChI is InChI=1S/C13H24N2O2/c1-2-7-14-8-5-12(6-9-14)15(10-13(16)17)11-3-4-11/h11-12H,2-10H2,1H3,(H,16,17). The number of rotatable bonds is 6. The Morgan fingerprint density at radius 2 is 1.82 bits per heavy atom. The summed E-state index contributed by atoms with van der Waals surface area (Å²) in [5, 5.41) is 8.98. The molecule has 1 heterocycles. The van der Waals surface area contributed by atoms with Gasteiger partial charge in [0.1, 0.15) is 0 Å². The summed E-state index contributed by atoms with van der Waals surface area (Å²) < 4.78 is 0. The van der Waals surface area contributed by atoms with E-state index in [1.807, 2.05) is 0 Å². The third-order valence-electron chi connectivity index (χ3n) is 3.90. The average Bonchev–Trinajstić information content (AvgIpc) is 3.11. The minimum atomic E-state index is -0.673. The number of carbonyl (C=O) groups is 1. The van der Waals surface area contributed by atoms with Gasteiger partial charge in [0.05, 0.1) is 6.54 Å². The quantitative estimate of drug-likeness (QED) is 0.762. The molecule has 1 aliphatic carbocycles. The topological polar surface area (TPSA) is 43.8 Å². The monoisotopic (exact) mass is 240 g/mol. The van der Waals surface area contributed by atoms with Gasteiger partial charge in [-0.1, -0.05) is 6.92 Å². The molecule has 1 N–H and O–H groups in total. The predicted octanol–water partition coefficient (Wildman–Crippen LogP) is 1.41. The number of aliphatic carboxylic acids is 1. The highest BCUT2D eigenvalue weighted by molar-refractivity contribution is 5.69. The molecule has 0 radical (unpaired) electrons. The highest BCUT2D eigenvalue weighted by Gasteiger charge is 2.36. The Morgan fingerprint density at radius 3 is 2.29 bits per heavy atom. The lowest BCUT2D eigenvalue weighted by Crippen LogP contribution is -2.47. The molecule has 0 aromatic rings. The van der Waals surface area contributed by atoms with Crippen LogP contribution >= 0.6 is 0 Å². The number of piperidine rings is 1. The molecule has 2 aliphatic rings. The molecule has 0 atom stereocenters. The first-order chi connectivity index (χ1) is 8.20. The first-order valence-electron chi connectivity index (χ1n) is 6.90. The highest BCUT2D eigenvalue weighted by Crippen LogP contribution is 2.31. The van der Waals surface area contributed by atoms with E-state index >= 15 is 0 Å². The van der Waals surface area contributed by atoms with Crippen molar-refractivity contribution in [2.45, 2.75) is 51.1 Å². The molecule has 0 spiro atoms. The van der Waals surface area contributed by atoms with E-state index in [1.54, 1.807) is 0 Å². The van der Waals surface area contributed by atoms with E-state index in [0.29, 0.717) is 12.1 Å². The van der Waals surface area contributed by atoms with Crippen LogP contribution in [0.25, 0.3) is 0 Å². The van der Waals surface area contributed by atoms with Gasteiger partial charge < -0.3 is 10.0 Å². The average molecular weight is 240 g/mol. The second-order valence-electron chi connectivity index (χ2n) is 5.37. The predicted molar refractivity (Wildman–Crippen MR) is 67.1 cm³/mol. The Hall–Kier alpha value is -0.610. The molecule has 0 aromatic carbocycles. The van der Waals surface area contributed by atoms with Gasteiger partial charge in [-0.3, -0.25) is 9.69 Å². The van der Waals surface area contributed by atoms with Crippen molar-refractivity contribution in [2.75, 3.05) is 26.2 Å². The Morgan fingerprint density at radius 1 is 1.24 bits per heavy atom. The molecule has 1 saturated carbocycles. The Labute approximate surface area is 104 Å². The number of carboxylic acid groups (broad SMARTS) is 1. The molecule has 0 amide bonds. The van der Waals surface area contributed by atoms with Gasteiger partial charge in [-0.25, -0.2) is 0 Å². The maximum atomic E-state index is 10.9. The van der Waals surface area contributed by atoms with Gasteiger partial charge in [-0.15, -0.1) is 0 Å². The molecule has 2 fully saturated rings. The first-order valence-corrected chi connectivity index (χ1v) is 6.90. The Balaban J connectivity index is 1.82. The zero-order valence-electron chi connectivity index (χ0n) is 10.8. The van der Waals surface area contributed by atoms with E-state index in [2.05, 4.69) is 16.7 Å². The van der Waals surface area contributed by atoms with Crippen LogP contribution in [0.3, 0.4) is 0 Å². The zero-order valence-corrected chi connectivity index (χ0v) is 10.8. The van der Waals surface area contributed by atoms with Crippen LogP contribution < -0.4 is 0 Å². The van der Waals surface area contributed by atoms with Gasteiger partial charge in [-0.05, 0) is 51.7 Å². The van der Waals surface area contributed by atoms with Crippen LogP contribution in [0.1, 0.15) is 39.0 Å². The van der Waals surface area contributed by atoms with Crippen LogP contribution in [0, 0.1) is 0 Å². The van der Waals surface area contributed by atoms with E-state index in [0.717, 1.165) is 25.9 Å². The summed E-state index contributed by atoms with van der Waals surface area (Å²) in [5.74, 6) is -0.673. The second kappa shape index (κ2) is 5.83. The molecule has 1 saturated heterocycles. The van der Waals surface area contributed by atoms with Gasteiger partial charge in [0.2, 0.25) is 0 Å². The molecule has 17 heavy (non-hydrogen) atoms. The van der Waals surface area contributed by atoms with Crippen molar-refractivity contribution in [3.63, 3.8) is 0 Å². The van der Waals surface area contributed by atoms with Gasteiger partial charge >= 0.3 is 5.97 Å². The maximum absolute atomic E-state index is 10.9. The van der Waals surface area contributed by atoms with Crippen molar-refractivity contribution >= 4 is 5.97 Å². The number of carboxylic acids is 1. The normalized spacial score (nSPS) is 23.2. The maximum Gasteiger partial charge on any atom is 0.317 e. The van der Waals surface area contributed by atoms with E-state index in [-0.39, 0.29) is 6.54 Å². The summed E-state index contributed by atoms with van der Waals surface area (Å²) in [6, 6.07) is 1.07. The molecule has 2 rings (SSSR count). The van der Waals surface area contributed by atoms with E-state index in [9.17, 15) is 4.79 Å². The van der Waals surface area contributed by atoms with Crippen LogP contribution in [0.15, 0.2) is 0 Å². The number of hydrogen-bond donors (Lipinski definition) is 1. The van der Waals surface area contributed by atoms with Gasteiger partial charge in [0.15, 0.2) is 0 Å². The van der Waals surface area contributed by atoms with Crippen molar-refractivity contribution < 1.29 is 9.90 Å². The summed E-state index contributed by atoms with van der Waals surface area (Å²) >= 11 is 0. The molecule has 1 aliphatic heterocycles. The van der Waals surface area contributed by atoms with Crippen LogP contribution in [-0.2, 0) is 4.79 Å². The number of likely N-dealkylation sites (tertiary alicyclic amines) is 1. The van der Waals surface area contributed by atoms with E-state index in [1.165, 1.54) is 25.8 Å². The van der Waals surface area contributed by atoms with Crippen molar-refractivity contribution in [1.29, 1.82) is 0 Å². The molecular weight excluding hydrogens is 216 g/mol. The van der Waals surface area contributed by atoms with Crippen LogP contribution in [0.4, 0.5) is 0 Å². The lowest BCUT2D eigenvalue weighted by atomic mass is 10.0. The molecule has 98 valence electrons. The molecule has 4 nitrogen and oxygen atoms in total. The van der Waals surface area contributed by atoms with Crippen LogP contribution in [0.2, 0.25) is 0 Å². The summed E-state index contributed by atoms with van der Waals surface area (Å²) in [7, 11) is 0. The molecule has 4 heteroatoms. The summed E-state index contributed by atoms with van der Waals surface area (Å²) in [4.78, 5) is 15.6. The molecular formula is C13H24N2O2. The van der Waals surface area contributed by atoms with Crippen LogP contribution in [0.5, 0.6) is 0 Å². The Kier molecular flexibility index (Phi) is 4.40. The highest BCUT2D eigenvalue weighted by atomic mass is 16.4. The number of hydrogen-bond acceptors (Lipinski definition) is 3. The molecule has 0 aromatic heterocycles. The molecule has 0 unspecified atom stereocenters. The zero-order chi connectivity index (χ0) is 12.3. The Bertz CT molecular complexity index is 258. The van der Waals surface area contributed by atoms with Gasteiger partial charge in [0.25, 0.3) is 0 Å². The fraction of sp³-hybridized carbons (Fsp3) is 0.923. The molecule has 0 bridgehead atoms. The van der Waals surface area contributed by atoms with Crippen molar-refractivity contribution in [3.05, 3.63) is 0 Å². The van der Waals surface area contributed by atoms with Crippen molar-refractivity contribution in [3.8, 4) is 0 Å². The van der Waals surface area contributed by atoms with Crippen molar-refractivity contribution in [2.24, 2.45) is 0 Å². The third-order valence-corrected chi connectivity index (χ3v) is 3.90. The van der Waals surface area contributed by atoms with E-state index in [4.69, 9.17) is 5.11 Å². The third kappa shape index (κ3) is 3.68. The second-order valence-corrected chi connectivity index (χ2v) is 5.37. The summed E-state index contributed by atoms with van der Waals surface area (Å²) in [6.45, 7) is 5.92. The van der Waals surface area contributed by atoms with Gasteiger partial charge in [-0.2, -0.15) is 0 Å². The van der Waals surface area contributed by atoms with Gasteiger partial charge in [0, 0.05) is 12.1 Å². The summed E-state index contributed by atoms with van der Waals surface area (Å²) in [5.41, 5.74) is 0. The van der Waals surface area contributed by atoms with E-state index < -0.39 is 5.97 Å². The smallest absolute Gasteiger partial charge is 0.317 e. The lowest BCUT2D eigenvalue weighted by Gasteiger charge is -2.38. The summed E-state index contributed by atoms with van der Waals surface area (Å²) in [6.07, 6.45) is 5.89.